The monoisotopic (exact) mass is 528 g/mol. The van der Waals surface area contributed by atoms with Crippen LogP contribution in [-0.2, 0) is 0 Å². The van der Waals surface area contributed by atoms with Crippen molar-refractivity contribution < 1.29 is 0 Å². The third kappa shape index (κ3) is 5.19. The molecule has 3 heterocycles. The van der Waals surface area contributed by atoms with Crippen LogP contribution in [0.3, 0.4) is 0 Å². The third-order valence-electron chi connectivity index (χ3n) is 7.59. The molecule has 0 radical (unpaired) electrons. The summed E-state index contributed by atoms with van der Waals surface area (Å²) in [6, 6.07) is 17.4. The first kappa shape index (κ1) is 27.4. The molecule has 4 aromatic rings. The van der Waals surface area contributed by atoms with Gasteiger partial charge in [0.2, 0.25) is 0 Å². The molecule has 0 atom stereocenters. The molecule has 0 spiro atoms. The summed E-state index contributed by atoms with van der Waals surface area (Å²) < 4.78 is 0. The van der Waals surface area contributed by atoms with Gasteiger partial charge in [-0.2, -0.15) is 0 Å². The summed E-state index contributed by atoms with van der Waals surface area (Å²) in [7, 11) is 0. The second kappa shape index (κ2) is 11.1. The van der Waals surface area contributed by atoms with E-state index < -0.39 is 0 Å². The van der Waals surface area contributed by atoms with Gasteiger partial charge in [0.25, 0.3) is 0 Å². The third-order valence-corrected chi connectivity index (χ3v) is 7.59. The van der Waals surface area contributed by atoms with Crippen LogP contribution in [0, 0.1) is 41.5 Å². The molecule has 0 bridgehead atoms. The Hall–Kier alpha value is -4.18. The number of rotatable bonds is 4. The number of nitrogens with zero attached hydrogens (tertiary/aromatic N) is 4. The maximum Gasteiger partial charge on any atom is 0.121 e. The fourth-order valence-corrected chi connectivity index (χ4v) is 6.27. The quantitative estimate of drug-likeness (QED) is 0.291. The lowest BCUT2D eigenvalue weighted by Gasteiger charge is -2.30. The number of aromatic nitrogens is 2. The average Bonchev–Trinajstić information content (AvgIpc) is 3.30. The second-order valence-electron chi connectivity index (χ2n) is 11.4. The first-order valence-corrected chi connectivity index (χ1v) is 14.1. The maximum atomic E-state index is 4.87. The number of hydrogen-bond acceptors (Lipinski definition) is 4. The van der Waals surface area contributed by atoms with E-state index in [1.54, 1.807) is 0 Å². The SMILES string of the molecule is CC(C)=CC=c1c(-c2ccccn2)nccc1=C1N(c2c(C)cc(C)cc2C)CCN1c1c(C)cc(C)cc1C. The first-order valence-electron chi connectivity index (χ1n) is 14.1. The Balaban J connectivity index is 1.93. The lowest BCUT2D eigenvalue weighted by Crippen LogP contribution is -2.39. The molecule has 1 aliphatic rings. The Morgan fingerprint density at radius 3 is 1.73 bits per heavy atom. The molecular weight excluding hydrogens is 488 g/mol. The number of anilines is 2. The summed E-state index contributed by atoms with van der Waals surface area (Å²) in [4.78, 5) is 14.6. The van der Waals surface area contributed by atoms with Crippen LogP contribution in [0.5, 0.6) is 0 Å². The van der Waals surface area contributed by atoms with Crippen LogP contribution in [0.4, 0.5) is 11.4 Å². The lowest BCUT2D eigenvalue weighted by molar-refractivity contribution is 1.01. The Bertz CT molecular complexity index is 1610. The van der Waals surface area contributed by atoms with Crippen LogP contribution >= 0.6 is 0 Å². The predicted octanol–water partition coefficient (Wildman–Crippen LogP) is 6.83. The minimum atomic E-state index is 0.875. The smallest absolute Gasteiger partial charge is 0.121 e. The van der Waals surface area contributed by atoms with Gasteiger partial charge >= 0.3 is 0 Å². The highest BCUT2D eigenvalue weighted by Gasteiger charge is 2.32. The van der Waals surface area contributed by atoms with E-state index >= 15 is 0 Å². The summed E-state index contributed by atoms with van der Waals surface area (Å²) in [6.07, 6.45) is 8.17. The van der Waals surface area contributed by atoms with Gasteiger partial charge in [0, 0.05) is 47.3 Å². The van der Waals surface area contributed by atoms with Gasteiger partial charge in [0.1, 0.15) is 5.82 Å². The van der Waals surface area contributed by atoms with Gasteiger partial charge in [-0.25, -0.2) is 0 Å². The highest BCUT2D eigenvalue weighted by atomic mass is 15.4. The number of aryl methyl sites for hydroxylation is 6. The molecule has 1 saturated heterocycles. The van der Waals surface area contributed by atoms with Crippen molar-refractivity contribution in [2.75, 3.05) is 22.9 Å². The number of hydrogen-bond donors (Lipinski definition) is 0. The van der Waals surface area contributed by atoms with Gasteiger partial charge in [-0.15, -0.1) is 0 Å². The van der Waals surface area contributed by atoms with Crippen molar-refractivity contribution in [3.63, 3.8) is 0 Å². The molecule has 4 heteroatoms. The largest absolute Gasteiger partial charge is 0.325 e. The second-order valence-corrected chi connectivity index (χ2v) is 11.4. The van der Waals surface area contributed by atoms with Gasteiger partial charge in [0.15, 0.2) is 0 Å². The van der Waals surface area contributed by atoms with E-state index in [-0.39, 0.29) is 0 Å². The Morgan fingerprint density at radius 1 is 0.700 bits per heavy atom. The maximum absolute atomic E-state index is 4.87. The van der Waals surface area contributed by atoms with Crippen molar-refractivity contribution in [1.29, 1.82) is 0 Å². The molecule has 4 nitrogen and oxygen atoms in total. The molecule has 0 amide bonds. The molecule has 40 heavy (non-hydrogen) atoms. The predicted molar refractivity (Wildman–Crippen MR) is 170 cm³/mol. The topological polar surface area (TPSA) is 32.3 Å². The van der Waals surface area contributed by atoms with Gasteiger partial charge in [-0.1, -0.05) is 59.2 Å². The zero-order valence-corrected chi connectivity index (χ0v) is 25.1. The van der Waals surface area contributed by atoms with Crippen molar-refractivity contribution in [2.45, 2.75) is 55.4 Å². The Labute approximate surface area is 239 Å². The number of benzene rings is 2. The molecule has 0 aliphatic carbocycles. The summed E-state index contributed by atoms with van der Waals surface area (Å²) in [6.45, 7) is 19.4. The van der Waals surface area contributed by atoms with Gasteiger partial charge in [-0.05, 0) is 95.8 Å². The van der Waals surface area contributed by atoms with E-state index in [4.69, 9.17) is 9.97 Å². The van der Waals surface area contributed by atoms with Crippen molar-refractivity contribution in [2.24, 2.45) is 0 Å². The Morgan fingerprint density at radius 2 is 1.25 bits per heavy atom. The molecule has 2 aromatic carbocycles. The highest BCUT2D eigenvalue weighted by Crippen LogP contribution is 2.38. The van der Waals surface area contributed by atoms with Crippen LogP contribution in [0.2, 0.25) is 0 Å². The molecule has 1 aliphatic heterocycles. The summed E-state index contributed by atoms with van der Waals surface area (Å²) in [5, 5.41) is 2.24. The summed E-state index contributed by atoms with van der Waals surface area (Å²) in [5.41, 5.74) is 13.3. The lowest BCUT2D eigenvalue weighted by atomic mass is 10.0. The van der Waals surface area contributed by atoms with Crippen LogP contribution in [-0.4, -0.2) is 23.1 Å². The molecular formula is C36H40N4. The minimum absolute atomic E-state index is 0.875. The molecule has 2 aromatic heterocycles. The number of allylic oxidation sites excluding steroid dienone is 2. The van der Waals surface area contributed by atoms with E-state index in [0.29, 0.717) is 0 Å². The van der Waals surface area contributed by atoms with Crippen LogP contribution in [0.15, 0.2) is 72.6 Å². The fourth-order valence-electron chi connectivity index (χ4n) is 6.27. The normalized spacial score (nSPS) is 13.8. The highest BCUT2D eigenvalue weighted by molar-refractivity contribution is 5.87. The van der Waals surface area contributed by atoms with E-state index in [9.17, 15) is 0 Å². The van der Waals surface area contributed by atoms with Crippen molar-refractivity contribution in [3.05, 3.63) is 116 Å². The molecule has 5 rings (SSSR count). The fraction of sp³-hybridized carbons (Fsp3) is 0.278. The van der Waals surface area contributed by atoms with Crippen LogP contribution in [0.25, 0.3) is 23.3 Å². The van der Waals surface area contributed by atoms with E-state index in [2.05, 4.69) is 108 Å². The molecule has 0 N–H and O–H groups in total. The van der Waals surface area contributed by atoms with E-state index in [1.807, 2.05) is 30.6 Å². The molecule has 1 fully saturated rings. The molecule has 0 unspecified atom stereocenters. The van der Waals surface area contributed by atoms with Crippen molar-refractivity contribution in [3.8, 4) is 11.4 Å². The average molecular weight is 529 g/mol. The van der Waals surface area contributed by atoms with E-state index in [1.165, 1.54) is 56.1 Å². The standard InChI is InChI=1S/C36H40N4/c1-23(2)12-13-30-31(14-16-38-33(30)32-11-9-10-15-37-32)36-39(34-26(5)19-24(3)20-27(34)6)17-18-40(36)35-28(7)21-25(4)22-29(35)8/h9-16,19-22H,17-18H2,1-8H3. The van der Waals surface area contributed by atoms with Crippen molar-refractivity contribution >= 4 is 23.3 Å². The van der Waals surface area contributed by atoms with Crippen LogP contribution in [0.1, 0.15) is 47.2 Å². The van der Waals surface area contributed by atoms with Gasteiger partial charge in [0.05, 0.1) is 11.4 Å². The summed E-state index contributed by atoms with van der Waals surface area (Å²) in [5.74, 6) is 1.19. The van der Waals surface area contributed by atoms with Gasteiger partial charge < -0.3 is 9.80 Å². The number of pyridine rings is 2. The van der Waals surface area contributed by atoms with Crippen LogP contribution < -0.4 is 20.2 Å². The first-order chi connectivity index (χ1) is 19.2. The van der Waals surface area contributed by atoms with Crippen molar-refractivity contribution in [1.82, 2.24) is 9.97 Å². The minimum Gasteiger partial charge on any atom is -0.325 e. The Kier molecular flexibility index (Phi) is 7.62. The van der Waals surface area contributed by atoms with Gasteiger partial charge in [-0.3, -0.25) is 9.97 Å². The zero-order chi connectivity index (χ0) is 28.6. The summed E-state index contributed by atoms with van der Waals surface area (Å²) >= 11 is 0. The molecule has 0 saturated carbocycles. The zero-order valence-electron chi connectivity index (χ0n) is 25.1. The van der Waals surface area contributed by atoms with E-state index in [0.717, 1.165) is 34.9 Å². The molecule has 204 valence electrons.